The van der Waals surface area contributed by atoms with Gasteiger partial charge in [-0.1, -0.05) is 30.3 Å². The smallest absolute Gasteiger partial charge is 0.340 e. The number of rotatable bonds is 2. The van der Waals surface area contributed by atoms with Crippen LogP contribution < -0.4 is 5.32 Å². The molecule has 90 valence electrons. The number of anilines is 1. The molecule has 1 heterocycles. The van der Waals surface area contributed by atoms with Crippen LogP contribution >= 0.6 is 15.9 Å². The zero-order valence-corrected chi connectivity index (χ0v) is 11.0. The second-order valence-corrected chi connectivity index (χ2v) is 4.85. The van der Waals surface area contributed by atoms with E-state index < -0.39 is 6.23 Å². The molecule has 0 bridgehead atoms. The minimum Gasteiger partial charge on any atom is -0.434 e. The second kappa shape index (κ2) is 4.46. The number of hydrogen-bond acceptors (Lipinski definition) is 3. The summed E-state index contributed by atoms with van der Waals surface area (Å²) in [4.78, 5) is 11.7. The van der Waals surface area contributed by atoms with Gasteiger partial charge >= 0.3 is 5.97 Å². The highest BCUT2D eigenvalue weighted by Gasteiger charge is 2.30. The van der Waals surface area contributed by atoms with Gasteiger partial charge < -0.3 is 10.1 Å². The van der Waals surface area contributed by atoms with Gasteiger partial charge in [0.25, 0.3) is 0 Å². The number of cyclic esters (lactones) is 1. The van der Waals surface area contributed by atoms with Crippen LogP contribution in [0.5, 0.6) is 0 Å². The standard InChI is InChI=1S/C14H10BrNO2/c15-11-7-3-4-8-12(11)16-13-9-5-1-2-6-10(9)14(17)18-13/h1-8,13,16H/t13-/m0/s1. The van der Waals surface area contributed by atoms with Gasteiger partial charge in [-0.3, -0.25) is 0 Å². The molecule has 0 fully saturated rings. The van der Waals surface area contributed by atoms with Gasteiger partial charge in [0, 0.05) is 10.0 Å². The first-order valence-electron chi connectivity index (χ1n) is 5.56. The lowest BCUT2D eigenvalue weighted by atomic mass is 10.1. The summed E-state index contributed by atoms with van der Waals surface area (Å²) in [6, 6.07) is 15.1. The van der Waals surface area contributed by atoms with Crippen molar-refractivity contribution < 1.29 is 9.53 Å². The van der Waals surface area contributed by atoms with E-state index >= 15 is 0 Å². The van der Waals surface area contributed by atoms with E-state index in [1.807, 2.05) is 42.5 Å². The fourth-order valence-electron chi connectivity index (χ4n) is 1.97. The molecular formula is C14H10BrNO2. The average Bonchev–Trinajstić information content (AvgIpc) is 2.70. The Balaban J connectivity index is 1.92. The Bertz CT molecular complexity index is 612. The van der Waals surface area contributed by atoms with Crippen LogP contribution in [0, 0.1) is 0 Å². The van der Waals surface area contributed by atoms with Crippen LogP contribution in [0.2, 0.25) is 0 Å². The summed E-state index contributed by atoms with van der Waals surface area (Å²) in [7, 11) is 0. The summed E-state index contributed by atoms with van der Waals surface area (Å²) in [5.41, 5.74) is 2.40. The first-order valence-corrected chi connectivity index (χ1v) is 6.36. The summed E-state index contributed by atoms with van der Waals surface area (Å²) in [6.45, 7) is 0. The van der Waals surface area contributed by atoms with E-state index in [2.05, 4.69) is 21.2 Å². The van der Waals surface area contributed by atoms with Crippen LogP contribution in [0.25, 0.3) is 0 Å². The number of hydrogen-bond donors (Lipinski definition) is 1. The van der Waals surface area contributed by atoms with E-state index in [9.17, 15) is 4.79 Å². The number of fused-ring (bicyclic) bond motifs is 1. The molecule has 0 unspecified atom stereocenters. The molecule has 1 aliphatic rings. The van der Waals surface area contributed by atoms with Crippen LogP contribution in [0.4, 0.5) is 5.69 Å². The Morgan fingerprint density at radius 1 is 1.06 bits per heavy atom. The molecule has 0 saturated heterocycles. The first-order chi connectivity index (χ1) is 8.75. The maximum Gasteiger partial charge on any atom is 0.340 e. The summed E-state index contributed by atoms with van der Waals surface area (Å²) in [6.07, 6.45) is -0.424. The van der Waals surface area contributed by atoms with E-state index in [4.69, 9.17) is 4.74 Å². The van der Waals surface area contributed by atoms with Crippen LogP contribution in [0.3, 0.4) is 0 Å². The molecule has 18 heavy (non-hydrogen) atoms. The molecule has 1 N–H and O–H groups in total. The highest BCUT2D eigenvalue weighted by atomic mass is 79.9. The van der Waals surface area contributed by atoms with Crippen LogP contribution in [0.1, 0.15) is 22.1 Å². The number of carbonyl (C=O) groups is 1. The second-order valence-electron chi connectivity index (χ2n) is 4.00. The van der Waals surface area contributed by atoms with Gasteiger partial charge in [-0.05, 0) is 34.1 Å². The summed E-state index contributed by atoms with van der Waals surface area (Å²) in [5, 5.41) is 3.21. The largest absolute Gasteiger partial charge is 0.434 e. The van der Waals surface area contributed by atoms with Gasteiger partial charge in [0.2, 0.25) is 6.23 Å². The Morgan fingerprint density at radius 3 is 2.61 bits per heavy atom. The van der Waals surface area contributed by atoms with Crippen molar-refractivity contribution in [1.82, 2.24) is 0 Å². The molecule has 3 rings (SSSR count). The number of ether oxygens (including phenoxy) is 1. The van der Waals surface area contributed by atoms with Gasteiger partial charge in [0.1, 0.15) is 0 Å². The predicted molar refractivity (Wildman–Crippen MR) is 72.4 cm³/mol. The zero-order chi connectivity index (χ0) is 12.5. The van der Waals surface area contributed by atoms with E-state index in [0.717, 1.165) is 15.7 Å². The van der Waals surface area contributed by atoms with Crippen molar-refractivity contribution in [3.8, 4) is 0 Å². The topological polar surface area (TPSA) is 38.3 Å². The molecular weight excluding hydrogens is 294 g/mol. The average molecular weight is 304 g/mol. The van der Waals surface area contributed by atoms with Crippen molar-refractivity contribution in [2.45, 2.75) is 6.23 Å². The monoisotopic (exact) mass is 303 g/mol. The van der Waals surface area contributed by atoms with Crippen molar-refractivity contribution in [2.75, 3.05) is 5.32 Å². The van der Waals surface area contributed by atoms with Gasteiger partial charge in [-0.15, -0.1) is 0 Å². The molecule has 4 heteroatoms. The normalized spacial score (nSPS) is 17.2. The number of carbonyl (C=O) groups excluding carboxylic acids is 1. The fourth-order valence-corrected chi connectivity index (χ4v) is 2.37. The maximum absolute atomic E-state index is 11.7. The molecule has 0 spiro atoms. The molecule has 0 aliphatic carbocycles. The molecule has 1 aliphatic heterocycles. The molecule has 0 saturated carbocycles. The first kappa shape index (κ1) is 11.3. The van der Waals surface area contributed by atoms with Crippen molar-refractivity contribution in [3.05, 3.63) is 64.1 Å². The summed E-state index contributed by atoms with van der Waals surface area (Å²) >= 11 is 3.46. The lowest BCUT2D eigenvalue weighted by molar-refractivity contribution is 0.0437. The summed E-state index contributed by atoms with van der Waals surface area (Å²) < 4.78 is 6.26. The lowest BCUT2D eigenvalue weighted by Gasteiger charge is -2.15. The molecule has 2 aromatic carbocycles. The van der Waals surface area contributed by atoms with Gasteiger partial charge in [0.05, 0.1) is 11.3 Å². The van der Waals surface area contributed by atoms with Gasteiger partial charge in [-0.2, -0.15) is 0 Å². The molecule has 3 nitrogen and oxygen atoms in total. The molecule has 0 radical (unpaired) electrons. The number of para-hydroxylation sites is 1. The zero-order valence-electron chi connectivity index (χ0n) is 9.39. The quantitative estimate of drug-likeness (QED) is 0.859. The van der Waals surface area contributed by atoms with Gasteiger partial charge in [0.15, 0.2) is 0 Å². The SMILES string of the molecule is O=C1O[C@H](Nc2ccccc2Br)c2ccccc21. The maximum atomic E-state index is 11.7. The molecule has 0 amide bonds. The minimum absolute atomic E-state index is 0.282. The predicted octanol–water partition coefficient (Wildman–Crippen LogP) is 3.73. The lowest BCUT2D eigenvalue weighted by Crippen LogP contribution is -2.10. The van der Waals surface area contributed by atoms with Crippen LogP contribution in [-0.2, 0) is 4.74 Å². The van der Waals surface area contributed by atoms with E-state index in [1.54, 1.807) is 6.07 Å². The van der Waals surface area contributed by atoms with Crippen LogP contribution in [0.15, 0.2) is 53.0 Å². The van der Waals surface area contributed by atoms with E-state index in [-0.39, 0.29) is 5.97 Å². The van der Waals surface area contributed by atoms with Crippen molar-refractivity contribution in [2.24, 2.45) is 0 Å². The third kappa shape index (κ3) is 1.88. The van der Waals surface area contributed by atoms with E-state index in [0.29, 0.717) is 5.56 Å². The minimum atomic E-state index is -0.424. The number of halogens is 1. The number of nitrogens with one attached hydrogen (secondary N) is 1. The molecule has 1 atom stereocenters. The molecule has 0 aromatic heterocycles. The highest BCUT2D eigenvalue weighted by Crippen LogP contribution is 2.33. The number of esters is 1. The summed E-state index contributed by atoms with van der Waals surface area (Å²) in [5.74, 6) is -0.282. The van der Waals surface area contributed by atoms with Crippen molar-refractivity contribution in [1.29, 1.82) is 0 Å². The van der Waals surface area contributed by atoms with Crippen LogP contribution in [-0.4, -0.2) is 5.97 Å². The highest BCUT2D eigenvalue weighted by molar-refractivity contribution is 9.10. The Morgan fingerprint density at radius 2 is 1.78 bits per heavy atom. The number of benzene rings is 2. The van der Waals surface area contributed by atoms with Crippen molar-refractivity contribution in [3.63, 3.8) is 0 Å². The van der Waals surface area contributed by atoms with Gasteiger partial charge in [-0.25, -0.2) is 4.79 Å². The fraction of sp³-hybridized carbons (Fsp3) is 0.0714. The Labute approximate surface area is 113 Å². The van der Waals surface area contributed by atoms with E-state index in [1.165, 1.54) is 0 Å². The molecule has 2 aromatic rings. The third-order valence-corrected chi connectivity index (χ3v) is 3.54. The van der Waals surface area contributed by atoms with Crippen molar-refractivity contribution >= 4 is 27.6 Å². The third-order valence-electron chi connectivity index (χ3n) is 2.85. The Hall–Kier alpha value is -1.81. The Kier molecular flexibility index (Phi) is 2.80.